The zero-order chi connectivity index (χ0) is 15.5. The summed E-state index contributed by atoms with van der Waals surface area (Å²) in [6, 6.07) is 7.66. The van der Waals surface area contributed by atoms with E-state index in [1.807, 2.05) is 10.6 Å². The third kappa shape index (κ3) is 2.59. The number of aromatic nitrogens is 2. The van der Waals surface area contributed by atoms with Gasteiger partial charge >= 0.3 is 5.91 Å². The number of rotatable bonds is 3. The lowest BCUT2D eigenvalue weighted by Gasteiger charge is -2.00. The Hall–Kier alpha value is -2.65. The quantitative estimate of drug-likeness (QED) is 0.699. The van der Waals surface area contributed by atoms with Crippen molar-refractivity contribution in [3.63, 3.8) is 0 Å². The van der Waals surface area contributed by atoms with Crippen LogP contribution in [0.1, 0.15) is 23.0 Å². The standard InChI is InChI=1S/C16H13N3O2S/c1-3-9-19-12-6-5-11(4-2)10-14(12)22-16(19)18-15(20)13-7-8-17-21-13/h1,5-8,10H,4,9H2,2H3. The molecule has 5 nitrogen and oxygen atoms in total. The fourth-order valence-corrected chi connectivity index (χ4v) is 3.23. The predicted octanol–water partition coefficient (Wildman–Crippen LogP) is 2.63. The number of benzene rings is 1. The van der Waals surface area contributed by atoms with Crippen molar-refractivity contribution >= 4 is 27.5 Å². The highest BCUT2D eigenvalue weighted by molar-refractivity contribution is 7.16. The highest BCUT2D eigenvalue weighted by atomic mass is 32.1. The largest absolute Gasteiger partial charge is 0.351 e. The molecule has 0 unspecified atom stereocenters. The second kappa shape index (κ2) is 6.00. The van der Waals surface area contributed by atoms with Crippen molar-refractivity contribution in [2.45, 2.75) is 19.9 Å². The van der Waals surface area contributed by atoms with Crippen molar-refractivity contribution in [3.05, 3.63) is 46.6 Å². The average molecular weight is 311 g/mol. The molecule has 1 amide bonds. The molecule has 0 spiro atoms. The lowest BCUT2D eigenvalue weighted by atomic mass is 10.2. The fraction of sp³-hybridized carbons (Fsp3) is 0.188. The number of amides is 1. The minimum absolute atomic E-state index is 0.110. The molecule has 0 aliphatic heterocycles. The first-order valence-corrected chi connectivity index (χ1v) is 7.60. The average Bonchev–Trinajstić information content (AvgIpc) is 3.16. The monoisotopic (exact) mass is 311 g/mol. The number of terminal acetylenes is 1. The van der Waals surface area contributed by atoms with Gasteiger partial charge < -0.3 is 9.09 Å². The number of hydrogen-bond donors (Lipinski definition) is 0. The Bertz CT molecular complexity index is 927. The maximum absolute atomic E-state index is 12.1. The number of carbonyl (C=O) groups is 1. The van der Waals surface area contributed by atoms with Gasteiger partial charge in [0.1, 0.15) is 0 Å². The minimum atomic E-state index is -0.467. The van der Waals surface area contributed by atoms with Crippen LogP contribution < -0.4 is 4.80 Å². The molecular weight excluding hydrogens is 298 g/mol. The fourth-order valence-electron chi connectivity index (χ4n) is 2.14. The van der Waals surface area contributed by atoms with Crippen molar-refractivity contribution in [1.29, 1.82) is 0 Å². The Morgan fingerprint density at radius 3 is 3.05 bits per heavy atom. The van der Waals surface area contributed by atoms with Crippen LogP contribution in [0.25, 0.3) is 10.2 Å². The molecule has 0 N–H and O–H groups in total. The molecule has 6 heteroatoms. The Morgan fingerprint density at radius 2 is 2.36 bits per heavy atom. The summed E-state index contributed by atoms with van der Waals surface area (Å²) in [5, 5.41) is 3.52. The van der Waals surface area contributed by atoms with E-state index in [1.54, 1.807) is 0 Å². The highest BCUT2D eigenvalue weighted by Crippen LogP contribution is 2.19. The molecule has 0 aliphatic carbocycles. The van der Waals surface area contributed by atoms with Gasteiger partial charge in [0.2, 0.25) is 5.76 Å². The van der Waals surface area contributed by atoms with Gasteiger partial charge in [-0.05, 0) is 24.1 Å². The molecule has 3 aromatic rings. The van der Waals surface area contributed by atoms with Gasteiger partial charge in [-0.2, -0.15) is 4.99 Å². The molecule has 2 aromatic heterocycles. The number of hydrogen-bond acceptors (Lipinski definition) is 4. The zero-order valence-corrected chi connectivity index (χ0v) is 12.8. The van der Waals surface area contributed by atoms with E-state index in [4.69, 9.17) is 10.9 Å². The van der Waals surface area contributed by atoms with Crippen molar-refractivity contribution < 1.29 is 9.32 Å². The topological polar surface area (TPSA) is 60.4 Å². The van der Waals surface area contributed by atoms with E-state index >= 15 is 0 Å². The maximum atomic E-state index is 12.1. The van der Waals surface area contributed by atoms with E-state index in [9.17, 15) is 4.79 Å². The minimum Gasteiger partial charge on any atom is -0.351 e. The maximum Gasteiger partial charge on any atom is 0.318 e. The van der Waals surface area contributed by atoms with E-state index in [0.29, 0.717) is 11.3 Å². The Kier molecular flexibility index (Phi) is 3.90. The number of aryl methyl sites for hydroxylation is 1. The molecular formula is C16H13N3O2S. The van der Waals surface area contributed by atoms with Crippen LogP contribution >= 0.6 is 11.3 Å². The summed E-state index contributed by atoms with van der Waals surface area (Å²) in [7, 11) is 0. The number of thiazole rings is 1. The summed E-state index contributed by atoms with van der Waals surface area (Å²) in [4.78, 5) is 16.8. The summed E-state index contributed by atoms with van der Waals surface area (Å²) in [5.74, 6) is 2.24. The molecule has 110 valence electrons. The lowest BCUT2D eigenvalue weighted by Crippen LogP contribution is -2.16. The number of carbonyl (C=O) groups excluding carboxylic acids is 1. The molecule has 2 heterocycles. The van der Waals surface area contributed by atoms with Crippen LogP contribution in [0.2, 0.25) is 0 Å². The second-order valence-electron chi connectivity index (χ2n) is 4.62. The SMILES string of the molecule is C#CCn1c(=NC(=O)c2ccno2)sc2cc(CC)ccc21. The molecule has 0 radical (unpaired) electrons. The van der Waals surface area contributed by atoms with Gasteiger partial charge in [-0.25, -0.2) is 0 Å². The van der Waals surface area contributed by atoms with Gasteiger partial charge in [0.25, 0.3) is 0 Å². The molecule has 1 aromatic carbocycles. The van der Waals surface area contributed by atoms with Gasteiger partial charge in [-0.15, -0.1) is 6.42 Å². The molecule has 0 saturated carbocycles. The van der Waals surface area contributed by atoms with Crippen LogP contribution in [-0.4, -0.2) is 15.6 Å². The summed E-state index contributed by atoms with van der Waals surface area (Å²) >= 11 is 1.44. The van der Waals surface area contributed by atoms with Crippen LogP contribution in [0.5, 0.6) is 0 Å². The third-order valence-corrected chi connectivity index (χ3v) is 4.29. The van der Waals surface area contributed by atoms with Crippen molar-refractivity contribution in [1.82, 2.24) is 9.72 Å². The summed E-state index contributed by atoms with van der Waals surface area (Å²) < 4.78 is 7.75. The second-order valence-corrected chi connectivity index (χ2v) is 5.63. The molecule has 0 bridgehead atoms. The van der Waals surface area contributed by atoms with Gasteiger partial charge in [0.15, 0.2) is 4.80 Å². The first-order chi connectivity index (χ1) is 10.7. The predicted molar refractivity (Wildman–Crippen MR) is 84.4 cm³/mol. The third-order valence-electron chi connectivity index (χ3n) is 3.25. The van der Waals surface area contributed by atoms with Crippen LogP contribution in [0, 0.1) is 12.3 Å². The van der Waals surface area contributed by atoms with Gasteiger partial charge in [-0.3, -0.25) is 4.79 Å². The molecule has 0 aliphatic rings. The van der Waals surface area contributed by atoms with Crippen molar-refractivity contribution in [3.8, 4) is 12.3 Å². The molecule has 0 saturated heterocycles. The molecule has 0 atom stereocenters. The first-order valence-electron chi connectivity index (χ1n) is 6.78. The Balaban J connectivity index is 2.17. The summed E-state index contributed by atoms with van der Waals surface area (Å²) in [6.07, 6.45) is 7.80. The number of fused-ring (bicyclic) bond motifs is 1. The summed E-state index contributed by atoms with van der Waals surface area (Å²) in [6.45, 7) is 2.46. The van der Waals surface area contributed by atoms with Gasteiger partial charge in [-0.1, -0.05) is 35.4 Å². The van der Waals surface area contributed by atoms with E-state index in [0.717, 1.165) is 16.6 Å². The van der Waals surface area contributed by atoms with Crippen molar-refractivity contribution in [2.24, 2.45) is 4.99 Å². The smallest absolute Gasteiger partial charge is 0.318 e. The normalized spacial score (nSPS) is 11.7. The van der Waals surface area contributed by atoms with Crippen molar-refractivity contribution in [2.75, 3.05) is 0 Å². The Morgan fingerprint density at radius 1 is 1.50 bits per heavy atom. The first kappa shape index (κ1) is 14.3. The lowest BCUT2D eigenvalue weighted by molar-refractivity contribution is 0.0962. The van der Waals surface area contributed by atoms with E-state index in [2.05, 4.69) is 35.1 Å². The summed E-state index contributed by atoms with van der Waals surface area (Å²) in [5.41, 5.74) is 2.21. The van der Waals surface area contributed by atoms with E-state index in [1.165, 1.54) is 29.2 Å². The van der Waals surface area contributed by atoms with Gasteiger partial charge in [0, 0.05) is 6.07 Å². The molecule has 3 rings (SSSR count). The Labute approximate surface area is 130 Å². The zero-order valence-electron chi connectivity index (χ0n) is 11.9. The van der Waals surface area contributed by atoms with Crippen LogP contribution in [0.3, 0.4) is 0 Å². The van der Waals surface area contributed by atoms with Gasteiger partial charge in [0.05, 0.1) is 23.0 Å². The highest BCUT2D eigenvalue weighted by Gasteiger charge is 2.11. The van der Waals surface area contributed by atoms with Crippen LogP contribution in [0.4, 0.5) is 0 Å². The number of nitrogens with zero attached hydrogens (tertiary/aromatic N) is 3. The molecule has 22 heavy (non-hydrogen) atoms. The van der Waals surface area contributed by atoms with Crippen LogP contribution in [0.15, 0.2) is 40.0 Å². The van der Waals surface area contributed by atoms with Crippen LogP contribution in [-0.2, 0) is 13.0 Å². The van der Waals surface area contributed by atoms with E-state index in [-0.39, 0.29) is 5.76 Å². The molecule has 0 fully saturated rings. The van der Waals surface area contributed by atoms with E-state index < -0.39 is 5.91 Å².